The van der Waals surface area contributed by atoms with E-state index in [4.69, 9.17) is 9.84 Å². The van der Waals surface area contributed by atoms with E-state index in [0.29, 0.717) is 12.8 Å². The lowest BCUT2D eigenvalue weighted by Crippen LogP contribution is -2.45. The van der Waals surface area contributed by atoms with Gasteiger partial charge in [0.15, 0.2) is 0 Å². The number of fused-ring (bicyclic) bond motifs is 3. The van der Waals surface area contributed by atoms with E-state index in [1.807, 2.05) is 36.4 Å². The Labute approximate surface area is 202 Å². The van der Waals surface area contributed by atoms with E-state index in [1.165, 1.54) is 10.9 Å². The maximum absolute atomic E-state index is 12.8. The molecule has 1 heterocycles. The second-order valence-corrected chi connectivity index (χ2v) is 9.09. The van der Waals surface area contributed by atoms with Crippen molar-refractivity contribution in [2.24, 2.45) is 13.0 Å². The molecule has 2 aliphatic carbocycles. The highest BCUT2D eigenvalue weighted by Gasteiger charge is 2.33. The van der Waals surface area contributed by atoms with Gasteiger partial charge in [0.25, 0.3) is 5.91 Å². The fraction of sp³-hybridized carbons (Fsp3) is 0.308. The number of carboxylic acid groups (broad SMARTS) is 1. The van der Waals surface area contributed by atoms with Gasteiger partial charge >= 0.3 is 12.1 Å². The molecule has 0 spiro atoms. The first-order valence-corrected chi connectivity index (χ1v) is 11.6. The van der Waals surface area contributed by atoms with Crippen molar-refractivity contribution >= 4 is 23.8 Å². The van der Waals surface area contributed by atoms with Crippen LogP contribution in [0.15, 0.2) is 54.7 Å². The molecule has 9 heteroatoms. The number of amides is 2. The Hall–Kier alpha value is -4.14. The number of anilines is 1. The van der Waals surface area contributed by atoms with Crippen molar-refractivity contribution in [1.29, 1.82) is 0 Å². The standard InChI is InChI=1S/C26H26N4O5/c1-30-24(21(13-27-30)25(33)28-16-10-15(11-16)12-23(31)32)29-26(34)35-14-22-19-8-4-2-6-17(19)18-7-3-5-9-20(18)22/h2-9,13,15-16,22H,10-12,14H2,1H3,(H,28,33)(H,29,34)(H,31,32). The van der Waals surface area contributed by atoms with E-state index in [0.717, 1.165) is 22.3 Å². The summed E-state index contributed by atoms with van der Waals surface area (Å²) in [4.78, 5) is 36.3. The second-order valence-electron chi connectivity index (χ2n) is 9.09. The van der Waals surface area contributed by atoms with Crippen LogP contribution in [0.5, 0.6) is 0 Å². The molecule has 35 heavy (non-hydrogen) atoms. The van der Waals surface area contributed by atoms with Gasteiger partial charge in [-0.3, -0.25) is 19.6 Å². The highest BCUT2D eigenvalue weighted by molar-refractivity contribution is 6.01. The maximum Gasteiger partial charge on any atom is 0.412 e. The van der Waals surface area contributed by atoms with Crippen LogP contribution in [0.3, 0.4) is 0 Å². The lowest BCUT2D eigenvalue weighted by Gasteiger charge is -2.34. The third-order valence-electron chi connectivity index (χ3n) is 6.78. The first-order valence-electron chi connectivity index (χ1n) is 11.6. The molecule has 1 aromatic heterocycles. The Morgan fingerprint density at radius 2 is 1.69 bits per heavy atom. The molecule has 3 aromatic rings. The summed E-state index contributed by atoms with van der Waals surface area (Å²) in [6.07, 6.45) is 2.06. The Morgan fingerprint density at radius 1 is 1.06 bits per heavy atom. The number of ether oxygens (including phenoxy) is 1. The minimum atomic E-state index is -0.832. The molecule has 5 rings (SSSR count). The molecule has 0 radical (unpaired) electrons. The molecule has 0 unspecified atom stereocenters. The van der Waals surface area contributed by atoms with Gasteiger partial charge in [-0.15, -0.1) is 0 Å². The number of rotatable bonds is 7. The fourth-order valence-corrected chi connectivity index (χ4v) is 5.01. The van der Waals surface area contributed by atoms with E-state index < -0.39 is 12.1 Å². The molecule has 1 saturated carbocycles. The van der Waals surface area contributed by atoms with Crippen LogP contribution < -0.4 is 10.6 Å². The molecular formula is C26H26N4O5. The first-order chi connectivity index (χ1) is 16.9. The van der Waals surface area contributed by atoms with Crippen molar-refractivity contribution < 1.29 is 24.2 Å². The molecule has 180 valence electrons. The van der Waals surface area contributed by atoms with E-state index in [9.17, 15) is 14.4 Å². The topological polar surface area (TPSA) is 123 Å². The molecule has 0 aliphatic heterocycles. The Kier molecular flexibility index (Phi) is 5.98. The molecule has 0 bridgehead atoms. The van der Waals surface area contributed by atoms with E-state index in [2.05, 4.69) is 27.9 Å². The van der Waals surface area contributed by atoms with Crippen LogP contribution in [0.1, 0.15) is 46.7 Å². The number of benzene rings is 2. The molecule has 0 atom stereocenters. The summed E-state index contributed by atoms with van der Waals surface area (Å²) in [6.45, 7) is 0.159. The Balaban J connectivity index is 1.21. The third kappa shape index (κ3) is 4.49. The van der Waals surface area contributed by atoms with Crippen molar-refractivity contribution in [3.05, 3.63) is 71.4 Å². The zero-order valence-corrected chi connectivity index (χ0v) is 19.2. The van der Waals surface area contributed by atoms with Crippen LogP contribution in [0.4, 0.5) is 10.6 Å². The number of carbonyl (C=O) groups excluding carboxylic acids is 2. The summed E-state index contributed by atoms with van der Waals surface area (Å²) in [6, 6.07) is 16.1. The minimum absolute atomic E-state index is 0.0696. The summed E-state index contributed by atoms with van der Waals surface area (Å²) in [5, 5.41) is 18.5. The van der Waals surface area contributed by atoms with Crippen LogP contribution in [0, 0.1) is 5.92 Å². The van der Waals surface area contributed by atoms with Gasteiger partial charge in [-0.1, -0.05) is 48.5 Å². The second kappa shape index (κ2) is 9.25. The first kappa shape index (κ1) is 22.6. The van der Waals surface area contributed by atoms with Crippen LogP contribution in [-0.2, 0) is 16.6 Å². The SMILES string of the molecule is Cn1ncc(C(=O)NC2CC(CC(=O)O)C2)c1NC(=O)OCC1c2ccccc2-c2ccccc21. The van der Waals surface area contributed by atoms with Gasteiger partial charge < -0.3 is 15.2 Å². The Bertz CT molecular complexity index is 1250. The lowest BCUT2D eigenvalue weighted by molar-refractivity contribution is -0.138. The molecule has 0 saturated heterocycles. The summed E-state index contributed by atoms with van der Waals surface area (Å²) in [7, 11) is 1.63. The normalized spacial score (nSPS) is 18.2. The number of hydrogen-bond acceptors (Lipinski definition) is 5. The predicted molar refractivity (Wildman–Crippen MR) is 128 cm³/mol. The molecule has 9 nitrogen and oxygen atoms in total. The average molecular weight is 475 g/mol. The number of carboxylic acids is 1. The van der Waals surface area contributed by atoms with E-state index in [1.54, 1.807) is 7.05 Å². The van der Waals surface area contributed by atoms with Crippen molar-refractivity contribution in [3.63, 3.8) is 0 Å². The monoisotopic (exact) mass is 474 g/mol. The zero-order chi connectivity index (χ0) is 24.5. The number of aliphatic carboxylic acids is 1. The molecular weight excluding hydrogens is 448 g/mol. The van der Waals surface area contributed by atoms with E-state index in [-0.39, 0.29) is 48.2 Å². The quantitative estimate of drug-likeness (QED) is 0.479. The number of nitrogens with one attached hydrogen (secondary N) is 2. The van der Waals surface area contributed by atoms with Gasteiger partial charge in [0.05, 0.1) is 6.20 Å². The van der Waals surface area contributed by atoms with Crippen LogP contribution >= 0.6 is 0 Å². The highest BCUT2D eigenvalue weighted by Crippen LogP contribution is 2.44. The van der Waals surface area contributed by atoms with Crippen LogP contribution in [-0.4, -0.2) is 45.5 Å². The van der Waals surface area contributed by atoms with Crippen LogP contribution in [0.25, 0.3) is 11.1 Å². The number of aryl methyl sites for hydroxylation is 1. The summed E-state index contributed by atoms with van der Waals surface area (Å²) in [5.74, 6) is -0.960. The largest absolute Gasteiger partial charge is 0.481 e. The number of aromatic nitrogens is 2. The molecule has 2 aliphatic rings. The number of nitrogens with zero attached hydrogens (tertiary/aromatic N) is 2. The summed E-state index contributed by atoms with van der Waals surface area (Å²) >= 11 is 0. The number of hydrogen-bond donors (Lipinski definition) is 3. The van der Waals surface area contributed by atoms with Crippen molar-refractivity contribution in [2.75, 3.05) is 11.9 Å². The van der Waals surface area contributed by atoms with Gasteiger partial charge in [-0.2, -0.15) is 5.10 Å². The van der Waals surface area contributed by atoms with Gasteiger partial charge in [0, 0.05) is 25.4 Å². The van der Waals surface area contributed by atoms with E-state index >= 15 is 0 Å². The summed E-state index contributed by atoms with van der Waals surface area (Å²) < 4.78 is 7.00. The zero-order valence-electron chi connectivity index (χ0n) is 19.2. The third-order valence-corrected chi connectivity index (χ3v) is 6.78. The maximum atomic E-state index is 12.8. The molecule has 2 aromatic carbocycles. The van der Waals surface area contributed by atoms with Crippen molar-refractivity contribution in [1.82, 2.24) is 15.1 Å². The van der Waals surface area contributed by atoms with Gasteiger partial charge in [0.1, 0.15) is 18.0 Å². The van der Waals surface area contributed by atoms with Crippen molar-refractivity contribution in [2.45, 2.75) is 31.2 Å². The van der Waals surface area contributed by atoms with Crippen molar-refractivity contribution in [3.8, 4) is 11.1 Å². The Morgan fingerprint density at radius 3 is 2.31 bits per heavy atom. The summed E-state index contributed by atoms with van der Waals surface area (Å²) in [5.41, 5.74) is 4.74. The predicted octanol–water partition coefficient (Wildman–Crippen LogP) is 3.76. The average Bonchev–Trinajstić information content (AvgIpc) is 3.34. The lowest BCUT2D eigenvalue weighted by atomic mass is 9.78. The van der Waals surface area contributed by atoms with Gasteiger partial charge in [-0.25, -0.2) is 4.79 Å². The van der Waals surface area contributed by atoms with Gasteiger partial charge in [0.2, 0.25) is 0 Å². The fourth-order valence-electron chi connectivity index (χ4n) is 5.01. The molecule has 3 N–H and O–H groups in total. The highest BCUT2D eigenvalue weighted by atomic mass is 16.5. The minimum Gasteiger partial charge on any atom is -0.481 e. The smallest absolute Gasteiger partial charge is 0.412 e. The number of carbonyl (C=O) groups is 3. The molecule has 2 amide bonds. The van der Waals surface area contributed by atoms with Gasteiger partial charge in [-0.05, 0) is 41.0 Å². The molecule has 1 fully saturated rings. The van der Waals surface area contributed by atoms with Crippen LogP contribution in [0.2, 0.25) is 0 Å².